The molecule has 6 rings (SSSR count). The topological polar surface area (TPSA) is 96.2 Å². The van der Waals surface area contributed by atoms with Gasteiger partial charge in [-0.3, -0.25) is 14.4 Å². The number of fused-ring (bicyclic) bond motifs is 3. The summed E-state index contributed by atoms with van der Waals surface area (Å²) < 4.78 is 1.73. The minimum Gasteiger partial charge on any atom is -0.507 e. The minimum absolute atomic E-state index is 0.104. The summed E-state index contributed by atoms with van der Waals surface area (Å²) >= 11 is 0. The van der Waals surface area contributed by atoms with Crippen molar-refractivity contribution < 1.29 is 9.90 Å². The Morgan fingerprint density at radius 3 is 2.62 bits per heavy atom. The number of phenolic OH excluding ortho intramolecular Hbond substituents is 1. The summed E-state index contributed by atoms with van der Waals surface area (Å²) in [6.45, 7) is 0. The molecule has 3 aliphatic rings. The lowest BCUT2D eigenvalue weighted by atomic mass is 9.83. The Kier molecular flexibility index (Phi) is 4.50. The van der Waals surface area contributed by atoms with Crippen molar-refractivity contribution in [2.75, 3.05) is 4.90 Å². The molecule has 0 saturated carbocycles. The standard InChI is InChI=1S/C24H26N6O2/c1-29-13-16(12-25-29)14-5-6-20(22(31)8-14)21-7-15-9-23(32)30(24(15)28-27-21)19-10-17-3-2-4-18(11-19)26-17/h5-8,12-13,17-19,26,31H,2-4,9-11H2,1H3/t17-,18?,19-/m0/s1. The Balaban J connectivity index is 1.29. The molecule has 2 aromatic heterocycles. The van der Waals surface area contributed by atoms with Gasteiger partial charge in [-0.25, -0.2) is 0 Å². The van der Waals surface area contributed by atoms with E-state index in [4.69, 9.17) is 0 Å². The first-order valence-electron chi connectivity index (χ1n) is 11.3. The number of aromatic hydroxyl groups is 1. The molecule has 2 saturated heterocycles. The number of aromatic nitrogens is 4. The zero-order chi connectivity index (χ0) is 21.8. The van der Waals surface area contributed by atoms with Crippen LogP contribution in [0.3, 0.4) is 0 Å². The number of piperidine rings is 2. The molecule has 164 valence electrons. The van der Waals surface area contributed by atoms with Gasteiger partial charge in [0.15, 0.2) is 5.82 Å². The van der Waals surface area contributed by atoms with Crippen LogP contribution in [-0.4, -0.2) is 49.1 Å². The van der Waals surface area contributed by atoms with Gasteiger partial charge in [0.05, 0.1) is 18.3 Å². The van der Waals surface area contributed by atoms with E-state index in [1.165, 1.54) is 19.3 Å². The molecule has 3 aromatic rings. The molecule has 0 spiro atoms. The van der Waals surface area contributed by atoms with Crippen molar-refractivity contribution in [2.45, 2.75) is 56.7 Å². The van der Waals surface area contributed by atoms with Crippen LogP contribution in [0.25, 0.3) is 22.4 Å². The summed E-state index contributed by atoms with van der Waals surface area (Å²) in [6, 6.07) is 8.57. The second-order valence-electron chi connectivity index (χ2n) is 9.27. The molecule has 32 heavy (non-hydrogen) atoms. The van der Waals surface area contributed by atoms with Crippen LogP contribution in [0.1, 0.15) is 37.7 Å². The van der Waals surface area contributed by atoms with E-state index in [1.807, 2.05) is 36.3 Å². The smallest absolute Gasteiger partial charge is 0.233 e. The van der Waals surface area contributed by atoms with Gasteiger partial charge in [-0.1, -0.05) is 12.5 Å². The summed E-state index contributed by atoms with van der Waals surface area (Å²) in [5.41, 5.74) is 3.89. The summed E-state index contributed by atoms with van der Waals surface area (Å²) in [6.07, 6.45) is 9.58. The molecule has 2 bridgehead atoms. The van der Waals surface area contributed by atoms with E-state index in [2.05, 4.69) is 20.6 Å². The third kappa shape index (κ3) is 3.26. The Hall–Kier alpha value is -3.26. The molecule has 8 heteroatoms. The molecule has 2 fully saturated rings. The predicted octanol–water partition coefficient (Wildman–Crippen LogP) is 2.81. The lowest BCUT2D eigenvalue weighted by molar-refractivity contribution is -0.118. The van der Waals surface area contributed by atoms with Gasteiger partial charge in [-0.05, 0) is 49.4 Å². The second kappa shape index (κ2) is 7.41. The van der Waals surface area contributed by atoms with Crippen LogP contribution in [-0.2, 0) is 18.3 Å². The van der Waals surface area contributed by atoms with Crippen LogP contribution < -0.4 is 10.2 Å². The van der Waals surface area contributed by atoms with E-state index >= 15 is 0 Å². The number of benzene rings is 1. The van der Waals surface area contributed by atoms with Gasteiger partial charge in [0.1, 0.15) is 5.75 Å². The number of hydrogen-bond acceptors (Lipinski definition) is 6. The molecule has 0 aliphatic carbocycles. The van der Waals surface area contributed by atoms with Gasteiger partial charge in [0.2, 0.25) is 5.91 Å². The average Bonchev–Trinajstić information content (AvgIpc) is 3.35. The highest BCUT2D eigenvalue weighted by molar-refractivity contribution is 6.01. The van der Waals surface area contributed by atoms with Crippen LogP contribution in [0, 0.1) is 0 Å². The molecule has 1 unspecified atom stereocenters. The summed E-state index contributed by atoms with van der Waals surface area (Å²) in [5.74, 6) is 0.927. The Bertz CT molecular complexity index is 1190. The predicted molar refractivity (Wildman–Crippen MR) is 120 cm³/mol. The third-order valence-corrected chi connectivity index (χ3v) is 7.06. The maximum absolute atomic E-state index is 12.9. The molecule has 5 heterocycles. The number of carbonyl (C=O) groups excluding carboxylic acids is 1. The molecule has 3 aliphatic heterocycles. The largest absolute Gasteiger partial charge is 0.507 e. The van der Waals surface area contributed by atoms with Crippen molar-refractivity contribution in [1.82, 2.24) is 25.3 Å². The zero-order valence-corrected chi connectivity index (χ0v) is 18.0. The minimum atomic E-state index is 0.104. The molecule has 8 nitrogen and oxygen atoms in total. The molecular formula is C24H26N6O2. The Labute approximate surface area is 186 Å². The molecule has 2 N–H and O–H groups in total. The number of hydrogen-bond donors (Lipinski definition) is 2. The van der Waals surface area contributed by atoms with E-state index < -0.39 is 0 Å². The second-order valence-corrected chi connectivity index (χ2v) is 9.27. The van der Waals surface area contributed by atoms with E-state index in [0.717, 1.165) is 29.5 Å². The van der Waals surface area contributed by atoms with Gasteiger partial charge < -0.3 is 10.4 Å². The first kappa shape index (κ1) is 19.4. The number of phenols is 1. The highest BCUT2D eigenvalue weighted by Gasteiger charge is 2.40. The fourth-order valence-corrected chi connectivity index (χ4v) is 5.58. The van der Waals surface area contributed by atoms with Gasteiger partial charge in [0, 0.05) is 48.1 Å². The van der Waals surface area contributed by atoms with Gasteiger partial charge in [0.25, 0.3) is 0 Å². The highest BCUT2D eigenvalue weighted by Crippen LogP contribution is 2.38. The normalized spacial score (nSPS) is 24.6. The fourth-order valence-electron chi connectivity index (χ4n) is 5.58. The maximum atomic E-state index is 12.9. The van der Waals surface area contributed by atoms with E-state index in [-0.39, 0.29) is 17.7 Å². The van der Waals surface area contributed by atoms with Gasteiger partial charge in [-0.2, -0.15) is 5.10 Å². The SMILES string of the molecule is Cn1cc(-c2ccc(-c3cc4c(nn3)N([C@@H]3CC5CCC[C@@H](C3)N5)C(=O)C4)c(O)c2)cn1. The zero-order valence-electron chi connectivity index (χ0n) is 18.0. The van der Waals surface area contributed by atoms with Crippen LogP contribution in [0.4, 0.5) is 5.82 Å². The number of carbonyl (C=O) groups is 1. The fraction of sp³-hybridized carbons (Fsp3) is 0.417. The monoisotopic (exact) mass is 430 g/mol. The number of anilines is 1. The molecule has 1 aromatic carbocycles. The van der Waals surface area contributed by atoms with Crippen molar-refractivity contribution in [3.8, 4) is 28.1 Å². The quantitative estimate of drug-likeness (QED) is 0.663. The van der Waals surface area contributed by atoms with E-state index in [9.17, 15) is 9.90 Å². The van der Waals surface area contributed by atoms with Gasteiger partial charge >= 0.3 is 0 Å². The molecule has 0 radical (unpaired) electrons. The first-order valence-corrected chi connectivity index (χ1v) is 11.3. The number of amides is 1. The van der Waals surface area contributed by atoms with Crippen LogP contribution in [0.5, 0.6) is 5.75 Å². The van der Waals surface area contributed by atoms with Crippen molar-refractivity contribution in [3.05, 3.63) is 42.2 Å². The van der Waals surface area contributed by atoms with Crippen molar-refractivity contribution in [3.63, 3.8) is 0 Å². The van der Waals surface area contributed by atoms with E-state index in [0.29, 0.717) is 35.6 Å². The lowest BCUT2D eigenvalue weighted by Gasteiger charge is -2.43. The van der Waals surface area contributed by atoms with Crippen LogP contribution in [0.15, 0.2) is 36.7 Å². The molecule has 1 amide bonds. The first-order chi connectivity index (χ1) is 15.5. The molecule has 3 atom stereocenters. The third-order valence-electron chi connectivity index (χ3n) is 7.06. The van der Waals surface area contributed by atoms with Crippen molar-refractivity contribution in [2.24, 2.45) is 7.05 Å². The summed E-state index contributed by atoms with van der Waals surface area (Å²) in [5, 5.41) is 27.4. The summed E-state index contributed by atoms with van der Waals surface area (Å²) in [4.78, 5) is 14.8. The van der Waals surface area contributed by atoms with E-state index in [1.54, 1.807) is 16.9 Å². The highest BCUT2D eigenvalue weighted by atomic mass is 16.3. The van der Waals surface area contributed by atoms with Crippen LogP contribution >= 0.6 is 0 Å². The number of nitrogens with zero attached hydrogens (tertiary/aromatic N) is 5. The van der Waals surface area contributed by atoms with Gasteiger partial charge in [-0.15, -0.1) is 10.2 Å². The summed E-state index contributed by atoms with van der Waals surface area (Å²) in [7, 11) is 1.86. The van der Waals surface area contributed by atoms with Crippen molar-refractivity contribution >= 4 is 11.7 Å². The number of aryl methyl sites for hydroxylation is 1. The number of rotatable bonds is 3. The lowest BCUT2D eigenvalue weighted by Crippen LogP contribution is -2.55. The number of nitrogens with one attached hydrogen (secondary N) is 1. The molecular weight excluding hydrogens is 404 g/mol. The van der Waals surface area contributed by atoms with Crippen LogP contribution in [0.2, 0.25) is 0 Å². The Morgan fingerprint density at radius 1 is 1.09 bits per heavy atom. The average molecular weight is 431 g/mol. The maximum Gasteiger partial charge on any atom is 0.233 e. The Morgan fingerprint density at radius 2 is 1.91 bits per heavy atom. The van der Waals surface area contributed by atoms with Crippen molar-refractivity contribution in [1.29, 1.82) is 0 Å².